The summed E-state index contributed by atoms with van der Waals surface area (Å²) in [6.07, 6.45) is 1.73. The summed E-state index contributed by atoms with van der Waals surface area (Å²) in [4.78, 5) is 25.0. The van der Waals surface area contributed by atoms with Gasteiger partial charge in [0.1, 0.15) is 0 Å². The Morgan fingerprint density at radius 3 is 2.55 bits per heavy atom. The molecule has 0 aliphatic carbocycles. The van der Waals surface area contributed by atoms with Gasteiger partial charge in [0.05, 0.1) is 12.3 Å². The summed E-state index contributed by atoms with van der Waals surface area (Å²) in [5, 5.41) is 14.9. The van der Waals surface area contributed by atoms with Crippen molar-refractivity contribution in [2.45, 2.75) is 44.9 Å². The van der Waals surface area contributed by atoms with Crippen LogP contribution in [0.15, 0.2) is 66.3 Å². The molecule has 2 amide bonds. The lowest BCUT2D eigenvalue weighted by Gasteiger charge is -2.13. The number of benzene rings is 2. The minimum atomic E-state index is -0.180. The number of aryl methyl sites for hydroxylation is 1. The second kappa shape index (κ2) is 11.5. The molecule has 3 rings (SSSR count). The maximum absolute atomic E-state index is 12.6. The van der Waals surface area contributed by atoms with Crippen molar-refractivity contribution in [1.82, 2.24) is 20.1 Å². The first-order valence-electron chi connectivity index (χ1n) is 10.8. The molecule has 7 nitrogen and oxygen atoms in total. The van der Waals surface area contributed by atoms with E-state index < -0.39 is 0 Å². The minimum absolute atomic E-state index is 0.115. The molecule has 8 heteroatoms. The van der Waals surface area contributed by atoms with Gasteiger partial charge in [-0.3, -0.25) is 9.59 Å². The second-order valence-electron chi connectivity index (χ2n) is 7.93. The average molecular weight is 464 g/mol. The van der Waals surface area contributed by atoms with Crippen molar-refractivity contribution < 1.29 is 9.59 Å². The van der Waals surface area contributed by atoms with Crippen LogP contribution in [0.1, 0.15) is 47.1 Å². The Bertz CT molecular complexity index is 1120. The van der Waals surface area contributed by atoms with Crippen LogP contribution in [-0.2, 0) is 17.9 Å². The van der Waals surface area contributed by atoms with Crippen molar-refractivity contribution in [2.75, 3.05) is 11.1 Å². The number of carbonyl (C=O) groups excluding carboxylic acids is 2. The Balaban J connectivity index is 1.62. The van der Waals surface area contributed by atoms with Gasteiger partial charge in [-0.15, -0.1) is 16.8 Å². The van der Waals surface area contributed by atoms with Crippen LogP contribution in [0.25, 0.3) is 0 Å². The number of hydrogen-bond acceptors (Lipinski definition) is 5. The number of thioether (sulfide) groups is 1. The highest BCUT2D eigenvalue weighted by Gasteiger charge is 2.16. The Morgan fingerprint density at radius 1 is 1.12 bits per heavy atom. The topological polar surface area (TPSA) is 88.9 Å². The predicted molar refractivity (Wildman–Crippen MR) is 132 cm³/mol. The van der Waals surface area contributed by atoms with Gasteiger partial charge < -0.3 is 15.2 Å². The maximum Gasteiger partial charge on any atom is 0.251 e. The first-order chi connectivity index (χ1) is 15.9. The molecule has 0 fully saturated rings. The third-order valence-corrected chi connectivity index (χ3v) is 5.98. The normalized spacial score (nSPS) is 10.8. The lowest BCUT2D eigenvalue weighted by atomic mass is 10.0. The molecule has 33 heavy (non-hydrogen) atoms. The van der Waals surface area contributed by atoms with Gasteiger partial charge in [-0.1, -0.05) is 67.6 Å². The molecule has 0 saturated heterocycles. The number of rotatable bonds is 10. The van der Waals surface area contributed by atoms with Crippen LogP contribution in [-0.4, -0.2) is 32.3 Å². The van der Waals surface area contributed by atoms with E-state index in [0.717, 1.165) is 16.8 Å². The fourth-order valence-electron chi connectivity index (χ4n) is 3.27. The summed E-state index contributed by atoms with van der Waals surface area (Å²) in [5.74, 6) is 0.805. The van der Waals surface area contributed by atoms with Crippen molar-refractivity contribution in [2.24, 2.45) is 0 Å². The molecule has 3 aromatic rings. The van der Waals surface area contributed by atoms with E-state index in [1.165, 1.54) is 11.8 Å². The van der Waals surface area contributed by atoms with Crippen molar-refractivity contribution in [1.29, 1.82) is 0 Å². The van der Waals surface area contributed by atoms with Gasteiger partial charge in [0.2, 0.25) is 5.91 Å². The number of aromatic nitrogens is 3. The lowest BCUT2D eigenvalue weighted by molar-refractivity contribution is -0.113. The largest absolute Gasteiger partial charge is 0.345 e. The molecule has 1 heterocycles. The number of carbonyl (C=O) groups is 2. The maximum atomic E-state index is 12.6. The highest BCUT2D eigenvalue weighted by molar-refractivity contribution is 7.99. The van der Waals surface area contributed by atoms with Crippen LogP contribution in [0.2, 0.25) is 0 Å². The summed E-state index contributed by atoms with van der Waals surface area (Å²) < 4.78 is 1.85. The molecule has 0 atom stereocenters. The van der Waals surface area contributed by atoms with Crippen molar-refractivity contribution in [3.8, 4) is 0 Å². The fourth-order valence-corrected chi connectivity index (χ4v) is 4.03. The first-order valence-corrected chi connectivity index (χ1v) is 11.8. The number of anilines is 1. The summed E-state index contributed by atoms with van der Waals surface area (Å²) in [6.45, 7) is 10.7. The quantitative estimate of drug-likeness (QED) is 0.340. The zero-order valence-corrected chi connectivity index (χ0v) is 20.0. The monoisotopic (exact) mass is 463 g/mol. The number of para-hydroxylation sites is 1. The van der Waals surface area contributed by atoms with Gasteiger partial charge in [-0.05, 0) is 36.6 Å². The molecule has 172 valence electrons. The van der Waals surface area contributed by atoms with E-state index in [1.54, 1.807) is 18.2 Å². The van der Waals surface area contributed by atoms with Gasteiger partial charge in [0.25, 0.3) is 5.91 Å². The zero-order chi connectivity index (χ0) is 23.8. The van der Waals surface area contributed by atoms with Crippen LogP contribution in [0, 0.1) is 6.92 Å². The highest BCUT2D eigenvalue weighted by Crippen LogP contribution is 2.24. The molecule has 0 saturated carbocycles. The van der Waals surface area contributed by atoms with Crippen molar-refractivity contribution in [3.05, 3.63) is 83.7 Å². The smallest absolute Gasteiger partial charge is 0.251 e. The van der Waals surface area contributed by atoms with Crippen LogP contribution in [0.4, 0.5) is 5.69 Å². The van der Waals surface area contributed by atoms with Crippen LogP contribution < -0.4 is 10.6 Å². The number of nitrogens with zero attached hydrogens (tertiary/aromatic N) is 3. The Kier molecular flexibility index (Phi) is 8.43. The molecule has 0 spiro atoms. The third-order valence-electron chi connectivity index (χ3n) is 5.02. The standard InChI is InChI=1S/C25H29N5O2S/c1-5-14-30-22(15-26-24(32)19-12-10-18(4)11-13-19)28-29-25(30)33-16-23(31)27-21-9-7-6-8-20(21)17(2)3/h5-13,17H,1,14-16H2,2-4H3,(H,26,32)(H,27,31). The molecule has 2 aromatic carbocycles. The van der Waals surface area contributed by atoms with E-state index >= 15 is 0 Å². The van der Waals surface area contributed by atoms with Crippen LogP contribution >= 0.6 is 11.8 Å². The van der Waals surface area contributed by atoms with Crippen molar-refractivity contribution >= 4 is 29.3 Å². The zero-order valence-electron chi connectivity index (χ0n) is 19.2. The molecule has 0 bridgehead atoms. The molecule has 0 aliphatic heterocycles. The molecule has 1 aromatic heterocycles. The molecule has 2 N–H and O–H groups in total. The fraction of sp³-hybridized carbons (Fsp3) is 0.280. The summed E-state index contributed by atoms with van der Waals surface area (Å²) in [6, 6.07) is 15.2. The predicted octanol–water partition coefficient (Wildman–Crippen LogP) is 4.56. The van der Waals surface area contributed by atoms with Gasteiger partial charge in [-0.25, -0.2) is 0 Å². The summed E-state index contributed by atoms with van der Waals surface area (Å²) >= 11 is 1.30. The Morgan fingerprint density at radius 2 is 1.85 bits per heavy atom. The van der Waals surface area contributed by atoms with Crippen LogP contribution in [0.5, 0.6) is 0 Å². The SMILES string of the molecule is C=CCn1c(CNC(=O)c2ccc(C)cc2)nnc1SCC(=O)Nc1ccccc1C(C)C. The van der Waals surface area contributed by atoms with E-state index in [4.69, 9.17) is 0 Å². The van der Waals surface area contributed by atoms with E-state index in [0.29, 0.717) is 29.0 Å². The van der Waals surface area contributed by atoms with E-state index in [-0.39, 0.29) is 24.1 Å². The lowest BCUT2D eigenvalue weighted by Crippen LogP contribution is -2.24. The third kappa shape index (κ3) is 6.55. The van der Waals surface area contributed by atoms with E-state index in [2.05, 4.69) is 41.3 Å². The first kappa shape index (κ1) is 24.3. The van der Waals surface area contributed by atoms with E-state index in [1.807, 2.05) is 47.9 Å². The van der Waals surface area contributed by atoms with Gasteiger partial charge in [-0.2, -0.15) is 0 Å². The number of allylic oxidation sites excluding steroid dienone is 1. The summed E-state index contributed by atoms with van der Waals surface area (Å²) in [5.41, 5.74) is 3.60. The number of hydrogen-bond donors (Lipinski definition) is 2. The van der Waals surface area contributed by atoms with Gasteiger partial charge >= 0.3 is 0 Å². The minimum Gasteiger partial charge on any atom is -0.345 e. The molecule has 0 unspecified atom stereocenters. The highest BCUT2D eigenvalue weighted by atomic mass is 32.2. The second-order valence-corrected chi connectivity index (χ2v) is 8.87. The molecule has 0 aliphatic rings. The number of nitrogens with one attached hydrogen (secondary N) is 2. The Labute approximate surface area is 198 Å². The van der Waals surface area contributed by atoms with Gasteiger partial charge in [0.15, 0.2) is 11.0 Å². The van der Waals surface area contributed by atoms with Gasteiger partial charge in [0, 0.05) is 17.8 Å². The molecule has 0 radical (unpaired) electrons. The molecular weight excluding hydrogens is 434 g/mol. The average Bonchev–Trinajstić information content (AvgIpc) is 3.18. The molecular formula is C25H29N5O2S. The Hall–Kier alpha value is -3.39. The summed E-state index contributed by atoms with van der Waals surface area (Å²) in [7, 11) is 0. The van der Waals surface area contributed by atoms with Crippen LogP contribution in [0.3, 0.4) is 0 Å². The van der Waals surface area contributed by atoms with E-state index in [9.17, 15) is 9.59 Å². The van der Waals surface area contributed by atoms with Crippen molar-refractivity contribution in [3.63, 3.8) is 0 Å². The number of amides is 2.